The monoisotopic (exact) mass is 234 g/mol. The Balaban J connectivity index is 2.89. The lowest BCUT2D eigenvalue weighted by Crippen LogP contribution is -2.53. The maximum Gasteiger partial charge on any atom is 0.255 e. The number of alkyl halides is 2. The number of halogens is 2. The summed E-state index contributed by atoms with van der Waals surface area (Å²) in [6.45, 7) is 9.50. The van der Waals surface area contributed by atoms with Gasteiger partial charge in [0.2, 0.25) is 0 Å². The molecule has 1 rings (SSSR count). The van der Waals surface area contributed by atoms with Crippen molar-refractivity contribution in [1.29, 1.82) is 0 Å². The number of nitrogens with zero attached hydrogens (tertiary/aromatic N) is 1. The van der Waals surface area contributed by atoms with Crippen LogP contribution in [0, 0.1) is 5.92 Å². The van der Waals surface area contributed by atoms with Crippen LogP contribution in [0.2, 0.25) is 0 Å². The van der Waals surface area contributed by atoms with E-state index in [2.05, 4.69) is 19.2 Å². The van der Waals surface area contributed by atoms with Crippen LogP contribution in [0.4, 0.5) is 8.78 Å². The van der Waals surface area contributed by atoms with E-state index in [1.54, 1.807) is 0 Å². The first-order valence-corrected chi connectivity index (χ1v) is 6.21. The van der Waals surface area contributed by atoms with E-state index in [9.17, 15) is 8.78 Å². The molecule has 1 aliphatic heterocycles. The summed E-state index contributed by atoms with van der Waals surface area (Å²) in [6.07, 6.45) is -1.31. The third-order valence-electron chi connectivity index (χ3n) is 3.39. The van der Waals surface area contributed by atoms with E-state index in [1.165, 1.54) is 0 Å². The minimum absolute atomic E-state index is 0.172. The molecule has 0 amide bonds. The zero-order chi connectivity index (χ0) is 12.3. The summed E-state index contributed by atoms with van der Waals surface area (Å²) < 4.78 is 26.1. The standard InChI is InChI=1S/C12H24F2N2/c1-8(2)10-5-6-15-7-11(12(13)14)16(10)9(3)4/h8-12,15H,5-7H2,1-4H3. The van der Waals surface area contributed by atoms with Crippen molar-refractivity contribution < 1.29 is 8.78 Å². The molecule has 1 aliphatic rings. The van der Waals surface area contributed by atoms with Crippen molar-refractivity contribution in [3.05, 3.63) is 0 Å². The molecular weight excluding hydrogens is 210 g/mol. The molecule has 1 N–H and O–H groups in total. The van der Waals surface area contributed by atoms with E-state index in [0.717, 1.165) is 13.0 Å². The predicted molar refractivity (Wildman–Crippen MR) is 62.9 cm³/mol. The van der Waals surface area contributed by atoms with Gasteiger partial charge in [0.1, 0.15) is 0 Å². The van der Waals surface area contributed by atoms with Crippen LogP contribution in [0.1, 0.15) is 34.1 Å². The summed E-state index contributed by atoms with van der Waals surface area (Å²) in [6, 6.07) is -0.213. The van der Waals surface area contributed by atoms with Gasteiger partial charge in [-0.3, -0.25) is 4.90 Å². The lowest BCUT2D eigenvalue weighted by Gasteiger charge is -2.40. The Morgan fingerprint density at radius 3 is 2.19 bits per heavy atom. The Labute approximate surface area is 97.4 Å². The van der Waals surface area contributed by atoms with Gasteiger partial charge in [-0.1, -0.05) is 13.8 Å². The van der Waals surface area contributed by atoms with Gasteiger partial charge in [-0.2, -0.15) is 0 Å². The fourth-order valence-corrected chi connectivity index (χ4v) is 2.66. The number of nitrogens with one attached hydrogen (secondary N) is 1. The van der Waals surface area contributed by atoms with Crippen LogP contribution in [0.15, 0.2) is 0 Å². The third kappa shape index (κ3) is 3.14. The molecule has 0 bridgehead atoms. The molecule has 1 saturated heterocycles. The number of hydrogen-bond acceptors (Lipinski definition) is 2. The Hall–Kier alpha value is -0.220. The van der Waals surface area contributed by atoms with Gasteiger partial charge in [0, 0.05) is 18.6 Å². The van der Waals surface area contributed by atoms with Gasteiger partial charge in [0.25, 0.3) is 6.43 Å². The molecule has 0 saturated carbocycles. The predicted octanol–water partition coefficient (Wildman–Crippen LogP) is 2.35. The highest BCUT2D eigenvalue weighted by Crippen LogP contribution is 2.25. The molecule has 0 aromatic heterocycles. The topological polar surface area (TPSA) is 15.3 Å². The number of hydrogen-bond donors (Lipinski definition) is 1. The van der Waals surface area contributed by atoms with Crippen LogP contribution >= 0.6 is 0 Å². The molecule has 4 heteroatoms. The van der Waals surface area contributed by atoms with E-state index >= 15 is 0 Å². The van der Waals surface area contributed by atoms with Gasteiger partial charge >= 0.3 is 0 Å². The molecule has 1 heterocycles. The molecular formula is C12H24F2N2. The van der Waals surface area contributed by atoms with E-state index in [1.807, 2.05) is 18.7 Å². The summed E-state index contributed by atoms with van der Waals surface area (Å²) in [5.41, 5.74) is 0. The van der Waals surface area contributed by atoms with Crippen LogP contribution in [0.3, 0.4) is 0 Å². The highest BCUT2D eigenvalue weighted by molar-refractivity contribution is 4.89. The first kappa shape index (κ1) is 13.8. The molecule has 2 unspecified atom stereocenters. The van der Waals surface area contributed by atoms with Gasteiger partial charge in [0.15, 0.2) is 0 Å². The van der Waals surface area contributed by atoms with Crippen molar-refractivity contribution in [3.8, 4) is 0 Å². The smallest absolute Gasteiger partial charge is 0.255 e. The van der Waals surface area contributed by atoms with Crippen molar-refractivity contribution in [2.45, 2.75) is 58.7 Å². The lowest BCUT2D eigenvalue weighted by molar-refractivity contribution is -0.0180. The molecule has 0 aromatic rings. The second kappa shape index (κ2) is 5.92. The van der Waals surface area contributed by atoms with Crippen molar-refractivity contribution in [2.24, 2.45) is 5.92 Å². The summed E-state index contributed by atoms with van der Waals surface area (Å²) in [4.78, 5) is 2.01. The van der Waals surface area contributed by atoms with Crippen molar-refractivity contribution >= 4 is 0 Å². The minimum Gasteiger partial charge on any atom is -0.315 e. The van der Waals surface area contributed by atoms with Crippen LogP contribution in [-0.4, -0.2) is 42.5 Å². The van der Waals surface area contributed by atoms with Crippen molar-refractivity contribution in [3.63, 3.8) is 0 Å². The van der Waals surface area contributed by atoms with Crippen LogP contribution in [-0.2, 0) is 0 Å². The lowest BCUT2D eigenvalue weighted by atomic mass is 9.96. The normalized spacial score (nSPS) is 29.1. The van der Waals surface area contributed by atoms with Gasteiger partial charge in [-0.15, -0.1) is 0 Å². The molecule has 96 valence electrons. The van der Waals surface area contributed by atoms with Gasteiger partial charge in [-0.25, -0.2) is 8.78 Å². The van der Waals surface area contributed by atoms with Gasteiger partial charge in [-0.05, 0) is 32.7 Å². The molecule has 1 fully saturated rings. The fourth-order valence-electron chi connectivity index (χ4n) is 2.66. The van der Waals surface area contributed by atoms with E-state index < -0.39 is 12.5 Å². The molecule has 0 spiro atoms. The Bertz CT molecular complexity index is 189. The summed E-state index contributed by atoms with van der Waals surface area (Å²) in [7, 11) is 0. The number of rotatable bonds is 3. The second-order valence-electron chi connectivity index (χ2n) is 5.25. The molecule has 0 radical (unpaired) electrons. The third-order valence-corrected chi connectivity index (χ3v) is 3.39. The average Bonchev–Trinajstić information content (AvgIpc) is 2.38. The molecule has 16 heavy (non-hydrogen) atoms. The summed E-state index contributed by atoms with van der Waals surface area (Å²) >= 11 is 0. The SMILES string of the molecule is CC(C)C1CCNCC(C(F)F)N1C(C)C. The van der Waals surface area contributed by atoms with Crippen molar-refractivity contribution in [1.82, 2.24) is 10.2 Å². The van der Waals surface area contributed by atoms with Crippen LogP contribution in [0.25, 0.3) is 0 Å². The highest BCUT2D eigenvalue weighted by atomic mass is 19.3. The second-order valence-corrected chi connectivity index (χ2v) is 5.25. The molecule has 0 aromatic carbocycles. The molecule has 2 nitrogen and oxygen atoms in total. The fraction of sp³-hybridized carbons (Fsp3) is 1.00. The Morgan fingerprint density at radius 1 is 1.12 bits per heavy atom. The highest BCUT2D eigenvalue weighted by Gasteiger charge is 2.36. The van der Waals surface area contributed by atoms with E-state index in [4.69, 9.17) is 0 Å². The first-order valence-electron chi connectivity index (χ1n) is 6.21. The quantitative estimate of drug-likeness (QED) is 0.806. The minimum atomic E-state index is -2.27. The van der Waals surface area contributed by atoms with E-state index in [0.29, 0.717) is 12.5 Å². The van der Waals surface area contributed by atoms with E-state index in [-0.39, 0.29) is 12.1 Å². The maximum absolute atomic E-state index is 13.1. The molecule has 2 atom stereocenters. The molecule has 0 aliphatic carbocycles. The maximum atomic E-state index is 13.1. The summed E-state index contributed by atoms with van der Waals surface area (Å²) in [5.74, 6) is 0.420. The first-order chi connectivity index (χ1) is 7.45. The summed E-state index contributed by atoms with van der Waals surface area (Å²) in [5, 5.41) is 3.13. The zero-order valence-electron chi connectivity index (χ0n) is 10.7. The van der Waals surface area contributed by atoms with Crippen LogP contribution < -0.4 is 5.32 Å². The van der Waals surface area contributed by atoms with Gasteiger partial charge in [0.05, 0.1) is 6.04 Å². The average molecular weight is 234 g/mol. The zero-order valence-corrected chi connectivity index (χ0v) is 10.7. The largest absolute Gasteiger partial charge is 0.315 e. The van der Waals surface area contributed by atoms with Gasteiger partial charge < -0.3 is 5.32 Å². The van der Waals surface area contributed by atoms with Crippen molar-refractivity contribution in [2.75, 3.05) is 13.1 Å². The van der Waals surface area contributed by atoms with Crippen LogP contribution in [0.5, 0.6) is 0 Å². The Morgan fingerprint density at radius 2 is 1.75 bits per heavy atom. The Kier molecular flexibility index (Phi) is 5.12.